The Morgan fingerprint density at radius 3 is 2.88 bits per heavy atom. The topological polar surface area (TPSA) is 8.17 Å². The monoisotopic (exact) mass is 216 g/mol. The molecule has 1 aliphatic rings. The van der Waals surface area contributed by atoms with Crippen molar-refractivity contribution in [3.8, 4) is 0 Å². The first-order valence-corrected chi connectivity index (χ1v) is 5.32. The third kappa shape index (κ3) is 1.18. The van der Waals surface area contributed by atoms with E-state index in [-0.39, 0.29) is 5.82 Å². The molecule has 3 heteroatoms. The summed E-state index contributed by atoms with van der Waals surface area (Å²) in [7, 11) is 4.07. The summed E-state index contributed by atoms with van der Waals surface area (Å²) in [6.45, 7) is 0.874. The molecule has 2 aromatic rings. The highest BCUT2D eigenvalue weighted by Gasteiger charge is 2.17. The largest absolute Gasteiger partial charge is 0.375 e. The average Bonchev–Trinajstić information content (AvgIpc) is 2.52. The molecule has 2 nitrogen and oxygen atoms in total. The Morgan fingerprint density at radius 1 is 1.25 bits per heavy atom. The Bertz CT molecular complexity index is 595. The van der Waals surface area contributed by atoms with E-state index in [0.717, 1.165) is 23.0 Å². The molecule has 0 saturated carbocycles. The van der Waals surface area contributed by atoms with Crippen molar-refractivity contribution >= 4 is 17.0 Å². The van der Waals surface area contributed by atoms with Gasteiger partial charge in [0.2, 0.25) is 0 Å². The van der Waals surface area contributed by atoms with E-state index in [1.54, 1.807) is 6.07 Å². The molecule has 82 valence electrons. The average molecular weight is 216 g/mol. The summed E-state index contributed by atoms with van der Waals surface area (Å²) in [4.78, 5) is 2.12. The van der Waals surface area contributed by atoms with Crippen molar-refractivity contribution < 1.29 is 4.39 Å². The van der Waals surface area contributed by atoms with E-state index in [2.05, 4.69) is 15.5 Å². The number of halogens is 1. The van der Waals surface area contributed by atoms with E-state index < -0.39 is 0 Å². The molecule has 1 aromatic carbocycles. The molecule has 0 amide bonds. The minimum Gasteiger partial charge on any atom is -0.375 e. The fraction of sp³-hybridized carbons (Fsp3) is 0.231. The molecule has 16 heavy (non-hydrogen) atoms. The fourth-order valence-electron chi connectivity index (χ4n) is 2.37. The standard InChI is InChI=1S/C13H13FN2/c1-15-6-5-10-11-7-9(14)3-4-12(11)16(2)13(10)8-15/h3-7H,8H2,1-2H3. The SMILES string of the molecule is CN1C=Cc2c(n(C)c3ccc(F)cc23)C1. The van der Waals surface area contributed by atoms with Gasteiger partial charge < -0.3 is 9.47 Å². The lowest BCUT2D eigenvalue weighted by Gasteiger charge is -2.19. The van der Waals surface area contributed by atoms with Crippen LogP contribution < -0.4 is 0 Å². The zero-order valence-corrected chi connectivity index (χ0v) is 9.37. The molecule has 1 aliphatic heterocycles. The number of hydrogen-bond donors (Lipinski definition) is 0. The first kappa shape index (κ1) is 9.46. The van der Waals surface area contributed by atoms with Crippen LogP contribution in [0.15, 0.2) is 24.4 Å². The predicted octanol–water partition coefficient (Wildman–Crippen LogP) is 2.73. The molecule has 0 saturated heterocycles. The molecule has 0 fully saturated rings. The third-order valence-electron chi connectivity index (χ3n) is 3.22. The van der Waals surface area contributed by atoms with Gasteiger partial charge in [-0.1, -0.05) is 0 Å². The van der Waals surface area contributed by atoms with Crippen molar-refractivity contribution in [3.05, 3.63) is 41.5 Å². The van der Waals surface area contributed by atoms with Gasteiger partial charge in [0.15, 0.2) is 0 Å². The highest BCUT2D eigenvalue weighted by molar-refractivity contribution is 5.91. The van der Waals surface area contributed by atoms with Gasteiger partial charge in [-0.05, 0) is 30.5 Å². The maximum Gasteiger partial charge on any atom is 0.123 e. The lowest BCUT2D eigenvalue weighted by Crippen LogP contribution is -2.16. The van der Waals surface area contributed by atoms with Crippen LogP contribution in [0.1, 0.15) is 11.3 Å². The van der Waals surface area contributed by atoms with Crippen molar-refractivity contribution in [2.24, 2.45) is 7.05 Å². The van der Waals surface area contributed by atoms with Crippen molar-refractivity contribution in [1.82, 2.24) is 9.47 Å². The molecule has 3 rings (SSSR count). The second-order valence-electron chi connectivity index (χ2n) is 4.31. The minimum atomic E-state index is -0.173. The van der Waals surface area contributed by atoms with Gasteiger partial charge in [0.05, 0.1) is 6.54 Å². The molecule has 2 heterocycles. The molecular formula is C13H13FN2. The summed E-state index contributed by atoms with van der Waals surface area (Å²) < 4.78 is 15.4. The highest BCUT2D eigenvalue weighted by Crippen LogP contribution is 2.30. The number of hydrogen-bond acceptors (Lipinski definition) is 1. The molecule has 0 aliphatic carbocycles. The van der Waals surface area contributed by atoms with E-state index in [1.807, 2.05) is 26.4 Å². The van der Waals surface area contributed by atoms with Gasteiger partial charge in [0.25, 0.3) is 0 Å². The van der Waals surface area contributed by atoms with Crippen molar-refractivity contribution in [2.75, 3.05) is 7.05 Å². The number of rotatable bonds is 0. The van der Waals surface area contributed by atoms with Gasteiger partial charge in [-0.15, -0.1) is 0 Å². The summed E-state index contributed by atoms with van der Waals surface area (Å²) in [6, 6.07) is 4.97. The quantitative estimate of drug-likeness (QED) is 0.657. The van der Waals surface area contributed by atoms with Crippen LogP contribution in [0, 0.1) is 5.82 Å². The second-order valence-corrected chi connectivity index (χ2v) is 4.31. The Hall–Kier alpha value is -1.77. The van der Waals surface area contributed by atoms with E-state index in [1.165, 1.54) is 11.8 Å². The molecule has 0 spiro atoms. The van der Waals surface area contributed by atoms with Gasteiger partial charge in [-0.3, -0.25) is 0 Å². The van der Waals surface area contributed by atoms with Crippen LogP contribution >= 0.6 is 0 Å². The van der Waals surface area contributed by atoms with Gasteiger partial charge >= 0.3 is 0 Å². The Balaban J connectivity index is 2.38. The number of benzene rings is 1. The predicted molar refractivity (Wildman–Crippen MR) is 63.4 cm³/mol. The zero-order chi connectivity index (χ0) is 11.3. The highest BCUT2D eigenvalue weighted by atomic mass is 19.1. The molecule has 1 aromatic heterocycles. The second kappa shape index (κ2) is 3.11. The summed E-state index contributed by atoms with van der Waals surface area (Å²) in [5.74, 6) is -0.173. The van der Waals surface area contributed by atoms with Crippen molar-refractivity contribution in [2.45, 2.75) is 6.54 Å². The van der Waals surface area contributed by atoms with E-state index in [0.29, 0.717) is 0 Å². The molecule has 0 unspecified atom stereocenters. The summed E-state index contributed by atoms with van der Waals surface area (Å²) in [5.41, 5.74) is 3.48. The maximum atomic E-state index is 13.2. The van der Waals surface area contributed by atoms with Crippen LogP contribution in [0.3, 0.4) is 0 Å². The van der Waals surface area contributed by atoms with Crippen LogP contribution in [0.25, 0.3) is 17.0 Å². The molecule has 0 N–H and O–H groups in total. The lowest BCUT2D eigenvalue weighted by molar-refractivity contribution is 0.434. The first-order chi connectivity index (χ1) is 7.66. The summed E-state index contributed by atoms with van der Waals surface area (Å²) >= 11 is 0. The summed E-state index contributed by atoms with van der Waals surface area (Å²) in [5, 5.41) is 1.00. The van der Waals surface area contributed by atoms with Crippen LogP contribution in [-0.2, 0) is 13.6 Å². The number of aromatic nitrogens is 1. The lowest BCUT2D eigenvalue weighted by atomic mass is 10.1. The minimum absolute atomic E-state index is 0.173. The van der Waals surface area contributed by atoms with E-state index >= 15 is 0 Å². The van der Waals surface area contributed by atoms with Crippen LogP contribution in [-0.4, -0.2) is 16.5 Å². The van der Waals surface area contributed by atoms with Crippen molar-refractivity contribution in [1.29, 1.82) is 0 Å². The zero-order valence-electron chi connectivity index (χ0n) is 9.37. The van der Waals surface area contributed by atoms with Crippen LogP contribution in [0.4, 0.5) is 4.39 Å². The smallest absolute Gasteiger partial charge is 0.123 e. The van der Waals surface area contributed by atoms with E-state index in [4.69, 9.17) is 0 Å². The first-order valence-electron chi connectivity index (χ1n) is 5.32. The summed E-state index contributed by atoms with van der Waals surface area (Å²) in [6.07, 6.45) is 4.09. The number of fused-ring (bicyclic) bond motifs is 3. The maximum absolute atomic E-state index is 13.2. The van der Waals surface area contributed by atoms with Crippen molar-refractivity contribution in [3.63, 3.8) is 0 Å². The van der Waals surface area contributed by atoms with Crippen LogP contribution in [0.5, 0.6) is 0 Å². The number of aryl methyl sites for hydroxylation is 1. The van der Waals surface area contributed by atoms with Gasteiger partial charge in [-0.2, -0.15) is 0 Å². The normalized spacial score (nSPS) is 14.6. The Morgan fingerprint density at radius 2 is 2.06 bits per heavy atom. The van der Waals surface area contributed by atoms with E-state index in [9.17, 15) is 4.39 Å². The Labute approximate surface area is 93.6 Å². The molecule has 0 bridgehead atoms. The Kier molecular flexibility index (Phi) is 1.84. The van der Waals surface area contributed by atoms with Gasteiger partial charge in [0, 0.05) is 36.3 Å². The number of nitrogens with zero attached hydrogens (tertiary/aromatic N) is 2. The molecule has 0 radical (unpaired) electrons. The molecule has 0 atom stereocenters. The molecular weight excluding hydrogens is 203 g/mol. The third-order valence-corrected chi connectivity index (χ3v) is 3.22. The van der Waals surface area contributed by atoms with Crippen LogP contribution in [0.2, 0.25) is 0 Å². The fourth-order valence-corrected chi connectivity index (χ4v) is 2.37. The van der Waals surface area contributed by atoms with Gasteiger partial charge in [-0.25, -0.2) is 4.39 Å². The van der Waals surface area contributed by atoms with Gasteiger partial charge in [0.1, 0.15) is 5.82 Å².